The molecule has 1 unspecified atom stereocenters. The van der Waals surface area contributed by atoms with Crippen LogP contribution in [0.4, 0.5) is 5.95 Å². The van der Waals surface area contributed by atoms with Gasteiger partial charge in [0.2, 0.25) is 11.9 Å². The molecule has 1 atom stereocenters. The first-order valence-electron chi connectivity index (χ1n) is 7.02. The predicted octanol–water partition coefficient (Wildman–Crippen LogP) is 1.45. The van der Waals surface area contributed by atoms with Gasteiger partial charge in [0, 0.05) is 25.4 Å². The van der Waals surface area contributed by atoms with Crippen molar-refractivity contribution in [3.8, 4) is 0 Å². The summed E-state index contributed by atoms with van der Waals surface area (Å²) in [6, 6.07) is 7.64. The van der Waals surface area contributed by atoms with Crippen LogP contribution in [0.2, 0.25) is 0 Å². The summed E-state index contributed by atoms with van der Waals surface area (Å²) in [6.45, 7) is 0.555. The van der Waals surface area contributed by atoms with Crippen LogP contribution in [0.3, 0.4) is 0 Å². The van der Waals surface area contributed by atoms with Gasteiger partial charge >= 0.3 is 0 Å². The molecule has 0 radical (unpaired) electrons. The highest BCUT2D eigenvalue weighted by Gasteiger charge is 2.36. The van der Waals surface area contributed by atoms with E-state index in [0.717, 1.165) is 11.0 Å². The summed E-state index contributed by atoms with van der Waals surface area (Å²) in [4.78, 5) is 36.0. The third-order valence-corrected chi connectivity index (χ3v) is 3.85. The lowest BCUT2D eigenvalue weighted by Gasteiger charge is -2.21. The van der Waals surface area contributed by atoms with E-state index in [2.05, 4.69) is 20.3 Å². The number of anilines is 1. The van der Waals surface area contributed by atoms with E-state index in [1.165, 1.54) is 6.20 Å². The van der Waals surface area contributed by atoms with Crippen LogP contribution < -0.4 is 5.32 Å². The summed E-state index contributed by atoms with van der Waals surface area (Å²) >= 11 is 0. The second-order valence-electron chi connectivity index (χ2n) is 5.19. The van der Waals surface area contributed by atoms with Gasteiger partial charge in [-0.2, -0.15) is 0 Å². The van der Waals surface area contributed by atoms with Crippen molar-refractivity contribution in [2.24, 2.45) is 0 Å². The molecule has 3 aromatic rings. The van der Waals surface area contributed by atoms with Gasteiger partial charge in [-0.15, -0.1) is 0 Å². The predicted molar refractivity (Wildman–Crippen MR) is 79.3 cm³/mol. The number of hydrogen-bond acceptors (Lipinski definition) is 4. The second kappa shape index (κ2) is 4.80. The third-order valence-electron chi connectivity index (χ3n) is 3.85. The normalized spacial score (nSPS) is 17.5. The Morgan fingerprint density at radius 2 is 2.23 bits per heavy atom. The van der Waals surface area contributed by atoms with Crippen LogP contribution in [0.5, 0.6) is 0 Å². The number of amides is 1. The molecule has 0 aliphatic carbocycles. The molecular weight excluding hydrogens is 282 g/mol. The van der Waals surface area contributed by atoms with E-state index in [1.54, 1.807) is 6.20 Å². The number of Topliss-reactive ketones (excluding diaryl/α,β-unsaturated/α-hetero) is 1. The van der Waals surface area contributed by atoms with Crippen LogP contribution in [0.25, 0.3) is 11.0 Å². The van der Waals surface area contributed by atoms with Crippen molar-refractivity contribution in [3.05, 3.63) is 42.5 Å². The number of ketones is 1. The minimum Gasteiger partial charge on any atom is -0.331 e. The molecule has 1 aromatic carbocycles. The third kappa shape index (κ3) is 1.90. The lowest BCUT2D eigenvalue weighted by molar-refractivity contribution is -0.128. The zero-order chi connectivity index (χ0) is 15.1. The number of hydrogen-bond donors (Lipinski definition) is 2. The Morgan fingerprint density at radius 3 is 3.05 bits per heavy atom. The molecule has 4 rings (SSSR count). The van der Waals surface area contributed by atoms with Crippen molar-refractivity contribution in [1.82, 2.24) is 19.5 Å². The highest BCUT2D eigenvalue weighted by atomic mass is 16.2. The van der Waals surface area contributed by atoms with Gasteiger partial charge in [0.15, 0.2) is 11.7 Å². The van der Waals surface area contributed by atoms with Crippen molar-refractivity contribution >= 4 is 28.7 Å². The van der Waals surface area contributed by atoms with Crippen LogP contribution in [0, 0.1) is 0 Å². The van der Waals surface area contributed by atoms with E-state index in [1.807, 2.05) is 28.8 Å². The number of nitrogens with one attached hydrogen (secondary N) is 2. The summed E-state index contributed by atoms with van der Waals surface area (Å²) in [5, 5.41) is 2.63. The Kier molecular flexibility index (Phi) is 2.78. The van der Waals surface area contributed by atoms with E-state index in [0.29, 0.717) is 24.7 Å². The molecule has 7 heteroatoms. The molecule has 22 heavy (non-hydrogen) atoms. The largest absolute Gasteiger partial charge is 0.331 e. The van der Waals surface area contributed by atoms with Gasteiger partial charge in [0.1, 0.15) is 5.82 Å². The number of benzene rings is 1. The number of carbonyl (C=O) groups is 2. The van der Waals surface area contributed by atoms with Crippen molar-refractivity contribution in [1.29, 1.82) is 0 Å². The van der Waals surface area contributed by atoms with Crippen LogP contribution in [-0.2, 0) is 16.1 Å². The fourth-order valence-corrected chi connectivity index (χ4v) is 2.85. The van der Waals surface area contributed by atoms with E-state index in [4.69, 9.17) is 0 Å². The SMILES string of the molecule is O=C1CCn2c(nc3ccccc32)C1C(=O)Nc1ncc[nH]1. The molecule has 1 aliphatic heterocycles. The molecule has 2 N–H and O–H groups in total. The number of carbonyl (C=O) groups excluding carboxylic acids is 2. The van der Waals surface area contributed by atoms with E-state index < -0.39 is 11.8 Å². The van der Waals surface area contributed by atoms with Gasteiger partial charge in [-0.25, -0.2) is 9.97 Å². The first-order chi connectivity index (χ1) is 10.7. The van der Waals surface area contributed by atoms with Crippen molar-refractivity contribution in [2.45, 2.75) is 18.9 Å². The number of fused-ring (bicyclic) bond motifs is 3. The molecule has 3 heterocycles. The molecule has 2 aromatic heterocycles. The van der Waals surface area contributed by atoms with E-state index >= 15 is 0 Å². The maximum absolute atomic E-state index is 12.5. The Bertz CT molecular complexity index is 865. The molecule has 1 amide bonds. The van der Waals surface area contributed by atoms with E-state index in [-0.39, 0.29) is 5.78 Å². The highest BCUT2D eigenvalue weighted by molar-refractivity contribution is 6.11. The molecule has 0 fully saturated rings. The topological polar surface area (TPSA) is 92.7 Å². The Morgan fingerprint density at radius 1 is 1.36 bits per heavy atom. The molecular formula is C15H13N5O2. The van der Waals surface area contributed by atoms with Crippen LogP contribution >= 0.6 is 0 Å². The number of nitrogens with zero attached hydrogens (tertiary/aromatic N) is 3. The molecule has 7 nitrogen and oxygen atoms in total. The van der Waals surface area contributed by atoms with Gasteiger partial charge in [0.25, 0.3) is 0 Å². The molecule has 0 saturated carbocycles. The molecule has 0 bridgehead atoms. The molecule has 0 saturated heterocycles. The first-order valence-corrected chi connectivity index (χ1v) is 7.02. The number of imidazole rings is 2. The molecule has 0 spiro atoms. The molecule has 1 aliphatic rings. The summed E-state index contributed by atoms with van der Waals surface area (Å²) < 4.78 is 1.95. The lowest BCUT2D eigenvalue weighted by Crippen LogP contribution is -2.34. The fourth-order valence-electron chi connectivity index (χ4n) is 2.85. The minimum absolute atomic E-state index is 0.119. The minimum atomic E-state index is -0.897. The van der Waals surface area contributed by atoms with Crippen molar-refractivity contribution < 1.29 is 9.59 Å². The number of H-pyrrole nitrogens is 1. The lowest BCUT2D eigenvalue weighted by atomic mass is 9.96. The maximum atomic E-state index is 12.5. The second-order valence-corrected chi connectivity index (χ2v) is 5.19. The van der Waals surface area contributed by atoms with Gasteiger partial charge in [-0.1, -0.05) is 12.1 Å². The number of aromatic nitrogens is 4. The highest BCUT2D eigenvalue weighted by Crippen LogP contribution is 2.29. The zero-order valence-electron chi connectivity index (χ0n) is 11.6. The monoisotopic (exact) mass is 295 g/mol. The van der Waals surface area contributed by atoms with Gasteiger partial charge in [0.05, 0.1) is 11.0 Å². The van der Waals surface area contributed by atoms with Gasteiger partial charge in [-0.3, -0.25) is 14.9 Å². The number of aryl methyl sites for hydroxylation is 1. The van der Waals surface area contributed by atoms with Crippen LogP contribution in [-0.4, -0.2) is 31.2 Å². The average Bonchev–Trinajstić information content (AvgIpc) is 3.13. The quantitative estimate of drug-likeness (QED) is 0.700. The summed E-state index contributed by atoms with van der Waals surface area (Å²) in [7, 11) is 0. The Labute approximate surface area is 125 Å². The Hall–Kier alpha value is -2.96. The van der Waals surface area contributed by atoms with Crippen LogP contribution in [0.15, 0.2) is 36.7 Å². The zero-order valence-corrected chi connectivity index (χ0v) is 11.6. The fraction of sp³-hybridized carbons (Fsp3) is 0.200. The maximum Gasteiger partial charge on any atom is 0.244 e. The molecule has 110 valence electrons. The number of aromatic amines is 1. The summed E-state index contributed by atoms with van der Waals surface area (Å²) in [5.41, 5.74) is 1.74. The summed E-state index contributed by atoms with van der Waals surface area (Å²) in [5.74, 6) is -0.596. The first kappa shape index (κ1) is 12.8. The van der Waals surface area contributed by atoms with E-state index in [9.17, 15) is 9.59 Å². The Balaban J connectivity index is 1.77. The van der Waals surface area contributed by atoms with Gasteiger partial charge < -0.3 is 9.55 Å². The van der Waals surface area contributed by atoms with Crippen molar-refractivity contribution in [2.75, 3.05) is 5.32 Å². The van der Waals surface area contributed by atoms with Crippen molar-refractivity contribution in [3.63, 3.8) is 0 Å². The van der Waals surface area contributed by atoms with Crippen LogP contribution in [0.1, 0.15) is 18.2 Å². The summed E-state index contributed by atoms with van der Waals surface area (Å²) in [6.07, 6.45) is 3.46. The smallest absolute Gasteiger partial charge is 0.244 e. The average molecular weight is 295 g/mol. The van der Waals surface area contributed by atoms with Gasteiger partial charge in [-0.05, 0) is 12.1 Å². The number of rotatable bonds is 2. The number of para-hydroxylation sites is 2. The standard InChI is InChI=1S/C15H13N5O2/c21-11-5-8-20-10-4-2-1-3-9(10)18-13(20)12(11)14(22)19-15-16-6-7-17-15/h1-4,6-7,12H,5,8H2,(H2,16,17,19,22).